The van der Waals surface area contributed by atoms with Gasteiger partial charge in [-0.3, -0.25) is 14.0 Å². The van der Waals surface area contributed by atoms with Crippen LogP contribution in [0.3, 0.4) is 0 Å². The van der Waals surface area contributed by atoms with Gasteiger partial charge in [-0.1, -0.05) is 12.1 Å². The first-order chi connectivity index (χ1) is 16.9. The van der Waals surface area contributed by atoms with Crippen molar-refractivity contribution in [3.05, 3.63) is 89.3 Å². The van der Waals surface area contributed by atoms with Crippen LogP contribution in [0.2, 0.25) is 0 Å². The Hall–Kier alpha value is -4.53. The molecule has 1 aromatic carbocycles. The van der Waals surface area contributed by atoms with Crippen molar-refractivity contribution in [2.24, 2.45) is 0 Å². The summed E-state index contributed by atoms with van der Waals surface area (Å²) >= 11 is 0. The number of furan rings is 1. The Bertz CT molecular complexity index is 1470. The maximum Gasteiger partial charge on any atom is 0.296 e. The van der Waals surface area contributed by atoms with Crippen LogP contribution in [-0.4, -0.2) is 45.3 Å². The standard InChI is InChI=1S/C26H23N3O6/c1-15-22(28-11-5-4-8-20(28)27-15)24(30)21-23(16-9-10-18(33-2)19(13-16)34-3)29(26(32)25(21)31)14-17-7-6-12-35-17/h4-13,23,30H,14H2,1-3H3. The highest BCUT2D eigenvalue weighted by Gasteiger charge is 2.47. The fourth-order valence-electron chi connectivity index (χ4n) is 4.51. The van der Waals surface area contributed by atoms with Gasteiger partial charge in [0.15, 0.2) is 17.3 Å². The predicted octanol–water partition coefficient (Wildman–Crippen LogP) is 3.87. The van der Waals surface area contributed by atoms with Crippen LogP contribution in [0, 0.1) is 6.92 Å². The first-order valence-corrected chi connectivity index (χ1v) is 10.9. The summed E-state index contributed by atoms with van der Waals surface area (Å²) in [5, 5.41) is 11.5. The quantitative estimate of drug-likeness (QED) is 0.257. The van der Waals surface area contributed by atoms with E-state index in [2.05, 4.69) is 4.98 Å². The number of Topliss-reactive ketones (excluding diaryl/α,β-unsaturated/α-hetero) is 1. The summed E-state index contributed by atoms with van der Waals surface area (Å²) in [6.07, 6.45) is 3.24. The topological polar surface area (TPSA) is 107 Å². The second-order valence-electron chi connectivity index (χ2n) is 8.10. The van der Waals surface area contributed by atoms with E-state index in [4.69, 9.17) is 13.9 Å². The van der Waals surface area contributed by atoms with Crippen molar-refractivity contribution in [2.75, 3.05) is 14.2 Å². The summed E-state index contributed by atoms with van der Waals surface area (Å²) in [5.74, 6) is -0.408. The van der Waals surface area contributed by atoms with Crippen molar-refractivity contribution in [3.8, 4) is 11.5 Å². The molecule has 0 spiro atoms. The number of amides is 1. The van der Waals surface area contributed by atoms with Gasteiger partial charge in [-0.05, 0) is 48.9 Å². The number of pyridine rings is 1. The molecule has 1 N–H and O–H groups in total. The number of methoxy groups -OCH3 is 2. The van der Waals surface area contributed by atoms with Crippen LogP contribution in [0.1, 0.15) is 28.8 Å². The van der Waals surface area contributed by atoms with Crippen LogP contribution < -0.4 is 9.47 Å². The number of rotatable bonds is 6. The third-order valence-corrected chi connectivity index (χ3v) is 6.10. The lowest BCUT2D eigenvalue weighted by molar-refractivity contribution is -0.140. The van der Waals surface area contributed by atoms with Gasteiger partial charge >= 0.3 is 0 Å². The summed E-state index contributed by atoms with van der Waals surface area (Å²) < 4.78 is 17.9. The number of aliphatic hydroxyl groups is 1. The van der Waals surface area contributed by atoms with Gasteiger partial charge in [-0.25, -0.2) is 4.98 Å². The highest BCUT2D eigenvalue weighted by molar-refractivity contribution is 6.46. The summed E-state index contributed by atoms with van der Waals surface area (Å²) in [5.41, 5.74) is 2.02. The molecule has 4 heterocycles. The fourth-order valence-corrected chi connectivity index (χ4v) is 4.51. The van der Waals surface area contributed by atoms with E-state index < -0.39 is 17.7 Å². The van der Waals surface area contributed by atoms with Crippen molar-refractivity contribution >= 4 is 23.1 Å². The number of aromatic nitrogens is 2. The average Bonchev–Trinajstić information content (AvgIpc) is 3.56. The Balaban J connectivity index is 1.74. The van der Waals surface area contributed by atoms with Gasteiger partial charge in [0, 0.05) is 6.20 Å². The Morgan fingerprint density at radius 3 is 2.60 bits per heavy atom. The van der Waals surface area contributed by atoms with E-state index >= 15 is 0 Å². The van der Waals surface area contributed by atoms with Gasteiger partial charge < -0.3 is 23.9 Å². The predicted molar refractivity (Wildman–Crippen MR) is 126 cm³/mol. The minimum Gasteiger partial charge on any atom is -0.505 e. The number of imidazole rings is 1. The first-order valence-electron chi connectivity index (χ1n) is 10.9. The molecule has 0 radical (unpaired) electrons. The maximum atomic E-state index is 13.4. The number of ketones is 1. The number of ether oxygens (including phenoxy) is 2. The number of carbonyl (C=O) groups excluding carboxylic acids is 2. The molecular formula is C26H23N3O6. The summed E-state index contributed by atoms with van der Waals surface area (Å²) in [4.78, 5) is 32.5. The van der Waals surface area contributed by atoms with Crippen molar-refractivity contribution in [1.29, 1.82) is 0 Å². The number of aryl methyl sites for hydroxylation is 1. The molecule has 5 rings (SSSR count). The molecule has 1 unspecified atom stereocenters. The van der Waals surface area contributed by atoms with E-state index in [1.54, 1.807) is 60.0 Å². The van der Waals surface area contributed by atoms with Gasteiger partial charge in [-0.2, -0.15) is 0 Å². The van der Waals surface area contributed by atoms with E-state index in [9.17, 15) is 14.7 Å². The lowest BCUT2D eigenvalue weighted by atomic mass is 9.96. The third-order valence-electron chi connectivity index (χ3n) is 6.10. The van der Waals surface area contributed by atoms with Gasteiger partial charge in [0.2, 0.25) is 0 Å². The molecule has 1 saturated heterocycles. The second-order valence-corrected chi connectivity index (χ2v) is 8.10. The normalized spacial score (nSPS) is 17.3. The molecule has 1 fully saturated rings. The third kappa shape index (κ3) is 3.61. The number of benzene rings is 1. The number of likely N-dealkylation sites (tertiary alicyclic amines) is 1. The number of nitrogens with zero attached hydrogens (tertiary/aromatic N) is 3. The van der Waals surface area contributed by atoms with E-state index in [1.165, 1.54) is 25.4 Å². The van der Waals surface area contributed by atoms with Gasteiger partial charge in [-0.15, -0.1) is 0 Å². The zero-order valence-electron chi connectivity index (χ0n) is 19.4. The molecule has 1 amide bonds. The van der Waals surface area contributed by atoms with Crippen molar-refractivity contribution in [1.82, 2.24) is 14.3 Å². The van der Waals surface area contributed by atoms with Crippen LogP contribution in [0.25, 0.3) is 11.4 Å². The largest absolute Gasteiger partial charge is 0.505 e. The number of fused-ring (bicyclic) bond motifs is 1. The molecule has 35 heavy (non-hydrogen) atoms. The van der Waals surface area contributed by atoms with E-state index in [0.29, 0.717) is 39.9 Å². The van der Waals surface area contributed by atoms with Gasteiger partial charge in [0.25, 0.3) is 11.7 Å². The molecule has 1 atom stereocenters. The zero-order valence-corrected chi connectivity index (χ0v) is 19.4. The molecule has 9 nitrogen and oxygen atoms in total. The number of hydrogen-bond donors (Lipinski definition) is 1. The number of hydrogen-bond acceptors (Lipinski definition) is 7. The second kappa shape index (κ2) is 8.68. The highest BCUT2D eigenvalue weighted by atomic mass is 16.5. The Labute approximate surface area is 200 Å². The summed E-state index contributed by atoms with van der Waals surface area (Å²) in [7, 11) is 3.03. The minimum absolute atomic E-state index is 0.0393. The molecule has 4 aromatic rings. The number of carbonyl (C=O) groups is 2. The molecular weight excluding hydrogens is 450 g/mol. The average molecular weight is 473 g/mol. The fraction of sp³-hybridized carbons (Fsp3) is 0.192. The Kier molecular flexibility index (Phi) is 5.52. The van der Waals surface area contributed by atoms with E-state index in [-0.39, 0.29) is 17.9 Å². The van der Waals surface area contributed by atoms with Gasteiger partial charge in [0.05, 0.1) is 44.3 Å². The minimum atomic E-state index is -0.895. The molecule has 1 aliphatic rings. The lowest BCUT2D eigenvalue weighted by Gasteiger charge is -2.25. The van der Waals surface area contributed by atoms with Crippen LogP contribution in [0.4, 0.5) is 0 Å². The summed E-state index contributed by atoms with van der Waals surface area (Å²) in [6, 6.07) is 13.1. The van der Waals surface area contributed by atoms with E-state index in [1.807, 2.05) is 6.07 Å². The molecule has 0 saturated carbocycles. The molecule has 0 aliphatic carbocycles. The summed E-state index contributed by atoms with van der Waals surface area (Å²) in [6.45, 7) is 1.78. The SMILES string of the molecule is COc1ccc(C2C(=C(O)c3c(C)nc4ccccn34)C(=O)C(=O)N2Cc2ccco2)cc1OC. The van der Waals surface area contributed by atoms with E-state index in [0.717, 1.165) is 0 Å². The molecule has 178 valence electrons. The van der Waals surface area contributed by atoms with Crippen LogP contribution in [-0.2, 0) is 16.1 Å². The first kappa shape index (κ1) is 22.3. The highest BCUT2D eigenvalue weighted by Crippen LogP contribution is 2.43. The molecule has 9 heteroatoms. The Morgan fingerprint density at radius 1 is 1.09 bits per heavy atom. The monoisotopic (exact) mass is 473 g/mol. The maximum absolute atomic E-state index is 13.4. The van der Waals surface area contributed by atoms with Crippen LogP contribution in [0.15, 0.2) is 71.0 Å². The van der Waals surface area contributed by atoms with Crippen LogP contribution in [0.5, 0.6) is 11.5 Å². The smallest absolute Gasteiger partial charge is 0.296 e. The van der Waals surface area contributed by atoms with Crippen molar-refractivity contribution < 1.29 is 28.6 Å². The number of aliphatic hydroxyl groups excluding tert-OH is 1. The van der Waals surface area contributed by atoms with Gasteiger partial charge in [0.1, 0.15) is 17.1 Å². The Morgan fingerprint density at radius 2 is 1.89 bits per heavy atom. The molecule has 3 aromatic heterocycles. The molecule has 0 bridgehead atoms. The van der Waals surface area contributed by atoms with Crippen molar-refractivity contribution in [3.63, 3.8) is 0 Å². The molecule has 1 aliphatic heterocycles. The lowest BCUT2D eigenvalue weighted by Crippen LogP contribution is -2.29. The zero-order chi connectivity index (χ0) is 24.7. The van der Waals surface area contributed by atoms with Crippen LogP contribution >= 0.6 is 0 Å². The van der Waals surface area contributed by atoms with Crippen molar-refractivity contribution in [2.45, 2.75) is 19.5 Å².